The highest BCUT2D eigenvalue weighted by Gasteiger charge is 2.31. The molecule has 29 heavy (non-hydrogen) atoms. The fraction of sp³-hybridized carbons (Fsp3) is 0.381. The Balaban J connectivity index is 1.64. The minimum absolute atomic E-state index is 0.0759. The van der Waals surface area contributed by atoms with Gasteiger partial charge in [0.2, 0.25) is 0 Å². The highest BCUT2D eigenvalue weighted by molar-refractivity contribution is 7.80. The van der Waals surface area contributed by atoms with Crippen LogP contribution in [0.25, 0.3) is 0 Å². The van der Waals surface area contributed by atoms with Crippen LogP contribution in [0.4, 0.5) is 14.5 Å². The van der Waals surface area contributed by atoms with Crippen LogP contribution in [-0.4, -0.2) is 44.1 Å². The first-order valence-electron chi connectivity index (χ1n) is 9.62. The molecule has 0 bridgehead atoms. The van der Waals surface area contributed by atoms with Gasteiger partial charge in [-0.2, -0.15) is 8.78 Å². The van der Waals surface area contributed by atoms with E-state index in [0.717, 1.165) is 26.3 Å². The Morgan fingerprint density at radius 1 is 1.07 bits per heavy atom. The van der Waals surface area contributed by atoms with Crippen molar-refractivity contribution in [1.82, 2.24) is 5.32 Å². The van der Waals surface area contributed by atoms with Crippen molar-refractivity contribution in [1.29, 1.82) is 0 Å². The molecule has 3 N–H and O–H groups in total. The first kappa shape index (κ1) is 21.4. The summed E-state index contributed by atoms with van der Waals surface area (Å²) in [5.41, 5.74) is 1.95. The first-order valence-corrected chi connectivity index (χ1v) is 10.0. The van der Waals surface area contributed by atoms with Crippen LogP contribution in [0, 0.1) is 0 Å². The number of nitrogens with one attached hydrogen (secondary N) is 3. The summed E-state index contributed by atoms with van der Waals surface area (Å²) in [7, 11) is 0. The molecule has 1 aliphatic rings. The van der Waals surface area contributed by atoms with Gasteiger partial charge in [-0.05, 0) is 43.4 Å². The first-order chi connectivity index (χ1) is 14.0. The molecule has 1 heterocycles. The van der Waals surface area contributed by atoms with Gasteiger partial charge in [0.05, 0.1) is 19.3 Å². The summed E-state index contributed by atoms with van der Waals surface area (Å²) in [6.07, 6.45) is 0. The van der Waals surface area contributed by atoms with E-state index in [4.69, 9.17) is 17.0 Å². The number of alkyl halides is 2. The Morgan fingerprint density at radius 2 is 1.72 bits per heavy atom. The molecule has 0 spiro atoms. The van der Waals surface area contributed by atoms with Crippen molar-refractivity contribution in [3.8, 4) is 5.75 Å². The molecule has 2 aromatic carbocycles. The zero-order valence-electron chi connectivity index (χ0n) is 16.2. The van der Waals surface area contributed by atoms with E-state index in [1.165, 1.54) is 22.6 Å². The van der Waals surface area contributed by atoms with Crippen LogP contribution >= 0.6 is 12.2 Å². The molecule has 2 aromatic rings. The average molecular weight is 423 g/mol. The normalized spacial score (nSPS) is 16.8. The molecule has 0 saturated carbocycles. The number of anilines is 1. The maximum Gasteiger partial charge on any atom is 0.387 e. The van der Waals surface area contributed by atoms with Gasteiger partial charge in [-0.25, -0.2) is 0 Å². The van der Waals surface area contributed by atoms with Crippen LogP contribution in [0.3, 0.4) is 0 Å². The Morgan fingerprint density at radius 3 is 2.34 bits per heavy atom. The van der Waals surface area contributed by atoms with Crippen molar-refractivity contribution in [2.24, 2.45) is 0 Å². The van der Waals surface area contributed by atoms with E-state index < -0.39 is 6.61 Å². The maximum absolute atomic E-state index is 12.3. The zero-order chi connectivity index (χ0) is 20.6. The van der Waals surface area contributed by atoms with Gasteiger partial charge in [0.25, 0.3) is 0 Å². The van der Waals surface area contributed by atoms with Crippen LogP contribution in [0.2, 0.25) is 0 Å². The molecule has 0 aromatic heterocycles. The van der Waals surface area contributed by atoms with Gasteiger partial charge in [-0.15, -0.1) is 0 Å². The fourth-order valence-electron chi connectivity index (χ4n) is 3.66. The Kier molecular flexibility index (Phi) is 7.74. The van der Waals surface area contributed by atoms with Gasteiger partial charge in [0.1, 0.15) is 24.9 Å². The number of quaternary nitrogens is 1. The number of halogens is 2. The highest BCUT2D eigenvalue weighted by Crippen LogP contribution is 2.18. The van der Waals surface area contributed by atoms with E-state index in [0.29, 0.717) is 10.8 Å². The maximum atomic E-state index is 12.3. The smallest absolute Gasteiger partial charge is 0.387 e. The third-order valence-corrected chi connectivity index (χ3v) is 5.15. The molecule has 3 rings (SSSR count). The lowest BCUT2D eigenvalue weighted by atomic mass is 9.98. The number of thiocarbonyl (C=S) groups is 1. The molecule has 1 aliphatic heterocycles. The fourth-order valence-corrected chi connectivity index (χ4v) is 3.96. The molecule has 0 unspecified atom stereocenters. The molecule has 156 valence electrons. The summed E-state index contributed by atoms with van der Waals surface area (Å²) in [4.78, 5) is 1.46. The van der Waals surface area contributed by atoms with Crippen molar-refractivity contribution in [2.45, 2.75) is 25.6 Å². The van der Waals surface area contributed by atoms with Gasteiger partial charge < -0.3 is 25.0 Å². The van der Waals surface area contributed by atoms with Crippen molar-refractivity contribution in [2.75, 3.05) is 31.6 Å². The van der Waals surface area contributed by atoms with Crippen LogP contribution < -0.4 is 20.3 Å². The number of hydrogen-bond donors (Lipinski definition) is 3. The van der Waals surface area contributed by atoms with Crippen molar-refractivity contribution in [3.05, 3.63) is 60.2 Å². The van der Waals surface area contributed by atoms with E-state index in [-0.39, 0.29) is 17.8 Å². The van der Waals surface area contributed by atoms with E-state index >= 15 is 0 Å². The Bertz CT molecular complexity index is 771. The third kappa shape index (κ3) is 6.35. The predicted octanol–water partition coefficient (Wildman–Crippen LogP) is 2.62. The van der Waals surface area contributed by atoms with Crippen molar-refractivity contribution < 1.29 is 23.2 Å². The zero-order valence-corrected chi connectivity index (χ0v) is 17.1. The summed E-state index contributed by atoms with van der Waals surface area (Å²) < 4.78 is 34.4. The van der Waals surface area contributed by atoms with Crippen LogP contribution in [0.1, 0.15) is 18.5 Å². The monoisotopic (exact) mass is 422 g/mol. The highest BCUT2D eigenvalue weighted by atomic mass is 32.1. The van der Waals surface area contributed by atoms with E-state index in [9.17, 15) is 8.78 Å². The number of rotatable bonds is 7. The summed E-state index contributed by atoms with van der Waals surface area (Å²) in [5, 5.41) is 6.96. The lowest BCUT2D eigenvalue weighted by Gasteiger charge is -2.35. The van der Waals surface area contributed by atoms with Crippen LogP contribution in [0.15, 0.2) is 54.6 Å². The van der Waals surface area contributed by atoms with Gasteiger partial charge >= 0.3 is 6.61 Å². The van der Waals surface area contributed by atoms with Crippen LogP contribution in [0.5, 0.6) is 5.75 Å². The lowest BCUT2D eigenvalue weighted by molar-refractivity contribution is -0.940. The summed E-state index contributed by atoms with van der Waals surface area (Å²) >= 11 is 5.48. The standard InChI is InChI=1S/C21H25F2N3O2S/c1-15(19(16-5-3-2-4-6-16)26-11-13-27-14-12-26)24-21(29)25-17-7-9-18(10-8-17)28-20(22)23/h2-10,15,19-20H,11-14H2,1H3,(H2,24,25,29)/p+1/t15-,19-/m1/s1. The molecular weight excluding hydrogens is 396 g/mol. The second kappa shape index (κ2) is 10.5. The van der Waals surface area contributed by atoms with Crippen molar-refractivity contribution >= 4 is 23.0 Å². The quantitative estimate of drug-likeness (QED) is 0.599. The Hall–Kier alpha value is -2.29. The number of ether oxygens (including phenoxy) is 2. The van der Waals surface area contributed by atoms with Gasteiger partial charge in [0.15, 0.2) is 5.11 Å². The molecule has 0 radical (unpaired) electrons. The second-order valence-corrected chi connectivity index (χ2v) is 7.36. The Labute approximate surface area is 175 Å². The molecule has 1 fully saturated rings. The minimum Gasteiger partial charge on any atom is -0.435 e. The molecule has 1 saturated heterocycles. The van der Waals surface area contributed by atoms with E-state index in [2.05, 4.69) is 46.6 Å². The third-order valence-electron chi connectivity index (χ3n) is 4.93. The average Bonchev–Trinajstić information content (AvgIpc) is 2.71. The SMILES string of the molecule is C[C@@H](NC(=S)Nc1ccc(OC(F)F)cc1)[C@H](c1ccccc1)[NH+]1CCOCC1. The summed E-state index contributed by atoms with van der Waals surface area (Å²) in [6.45, 7) is 2.67. The summed E-state index contributed by atoms with van der Waals surface area (Å²) in [5.74, 6) is 0.109. The van der Waals surface area contributed by atoms with E-state index in [1.807, 2.05) is 6.07 Å². The molecular formula is C21H26F2N3O2S+. The second-order valence-electron chi connectivity index (χ2n) is 6.95. The molecule has 0 amide bonds. The molecule has 5 nitrogen and oxygen atoms in total. The molecule has 2 atom stereocenters. The largest absolute Gasteiger partial charge is 0.435 e. The minimum atomic E-state index is -2.84. The van der Waals surface area contributed by atoms with Crippen molar-refractivity contribution in [3.63, 3.8) is 0 Å². The lowest BCUT2D eigenvalue weighted by Crippen LogP contribution is -3.15. The molecule has 0 aliphatic carbocycles. The summed E-state index contributed by atoms with van der Waals surface area (Å²) in [6, 6.07) is 17.0. The van der Waals surface area contributed by atoms with Gasteiger partial charge in [-0.3, -0.25) is 0 Å². The number of hydrogen-bond acceptors (Lipinski definition) is 3. The molecule has 8 heteroatoms. The number of morpholine rings is 1. The van der Waals surface area contributed by atoms with E-state index in [1.54, 1.807) is 12.1 Å². The van der Waals surface area contributed by atoms with Gasteiger partial charge in [-0.1, -0.05) is 30.3 Å². The number of benzene rings is 2. The topological polar surface area (TPSA) is 47.0 Å². The predicted molar refractivity (Wildman–Crippen MR) is 113 cm³/mol. The van der Waals surface area contributed by atoms with Gasteiger partial charge in [0, 0.05) is 11.3 Å². The van der Waals surface area contributed by atoms with Crippen LogP contribution in [-0.2, 0) is 4.74 Å².